The van der Waals surface area contributed by atoms with Crippen LogP contribution in [0.15, 0.2) is 54.6 Å². The summed E-state index contributed by atoms with van der Waals surface area (Å²) in [6.07, 6.45) is 0. The van der Waals surface area contributed by atoms with Crippen molar-refractivity contribution in [1.82, 2.24) is 5.48 Å². The molecule has 92 valence electrons. The van der Waals surface area contributed by atoms with Crippen LogP contribution in [0.4, 0.5) is 0 Å². The number of hydroxylamine groups is 1. The molecule has 18 heavy (non-hydrogen) atoms. The van der Waals surface area contributed by atoms with Crippen molar-refractivity contribution in [2.24, 2.45) is 0 Å². The molecule has 0 atom stereocenters. The molecule has 1 amide bonds. The molecule has 0 saturated heterocycles. The van der Waals surface area contributed by atoms with E-state index in [0.29, 0.717) is 11.1 Å². The average molecular weight is 243 g/mol. The van der Waals surface area contributed by atoms with Crippen molar-refractivity contribution in [1.29, 1.82) is 0 Å². The molecule has 0 aromatic heterocycles. The highest BCUT2D eigenvalue weighted by molar-refractivity contribution is 5.93. The largest absolute Gasteiger partial charge is 0.274 e. The summed E-state index contributed by atoms with van der Waals surface area (Å²) < 4.78 is 15.6. The Labute approximate surface area is 109 Å². The van der Waals surface area contributed by atoms with Gasteiger partial charge in [0.15, 0.2) is 0 Å². The van der Waals surface area contributed by atoms with Gasteiger partial charge < -0.3 is 0 Å². The van der Waals surface area contributed by atoms with Gasteiger partial charge in [0.2, 0.25) is 0 Å². The van der Waals surface area contributed by atoms with Crippen molar-refractivity contribution in [3.63, 3.8) is 0 Å². The summed E-state index contributed by atoms with van der Waals surface area (Å²) in [6.45, 7) is -0.171. The third-order valence-corrected chi connectivity index (χ3v) is 2.40. The molecule has 0 spiro atoms. The van der Waals surface area contributed by atoms with Gasteiger partial charge in [-0.05, 0) is 24.6 Å². The van der Waals surface area contributed by atoms with Gasteiger partial charge in [-0.2, -0.15) is 0 Å². The fourth-order valence-corrected chi connectivity index (χ4v) is 1.40. The molecule has 2 aromatic carbocycles. The first-order valence-electron chi connectivity index (χ1n) is 6.59. The van der Waals surface area contributed by atoms with Crippen molar-refractivity contribution >= 4 is 5.91 Å². The van der Waals surface area contributed by atoms with E-state index in [4.69, 9.17) is 7.58 Å². The highest BCUT2D eigenvalue weighted by atomic mass is 16.6. The summed E-state index contributed by atoms with van der Waals surface area (Å²) in [6, 6.07) is 15.3. The number of carbonyl (C=O) groups is 1. The van der Waals surface area contributed by atoms with E-state index < -0.39 is 12.5 Å². The molecule has 0 radical (unpaired) electrons. The molecule has 0 saturated carbocycles. The summed E-state index contributed by atoms with van der Waals surface area (Å²) >= 11 is 0. The molecule has 0 heterocycles. The van der Waals surface area contributed by atoms with Crippen LogP contribution in [-0.2, 0) is 11.4 Å². The second-order valence-electron chi connectivity index (χ2n) is 3.87. The zero-order valence-corrected chi connectivity index (χ0v) is 10.0. The third-order valence-electron chi connectivity index (χ3n) is 2.40. The van der Waals surface area contributed by atoms with E-state index in [1.165, 1.54) is 0 Å². The molecule has 0 fully saturated rings. The number of aryl methyl sites for hydroxylation is 1. The van der Waals surface area contributed by atoms with Crippen molar-refractivity contribution in [2.45, 2.75) is 13.5 Å². The van der Waals surface area contributed by atoms with Gasteiger partial charge in [0.05, 0.1) is 9.30 Å². The van der Waals surface area contributed by atoms with Crippen LogP contribution < -0.4 is 5.48 Å². The zero-order chi connectivity index (χ0) is 14.6. The van der Waals surface area contributed by atoms with E-state index in [0.717, 1.165) is 5.56 Å². The third kappa shape index (κ3) is 3.43. The molecule has 0 aliphatic carbocycles. The van der Waals surface area contributed by atoms with Crippen LogP contribution in [0.2, 0.25) is 0 Å². The highest BCUT2D eigenvalue weighted by Gasteiger charge is 2.03. The first-order valence-corrected chi connectivity index (χ1v) is 5.59. The van der Waals surface area contributed by atoms with Crippen molar-refractivity contribution in [2.75, 3.05) is 0 Å². The quantitative estimate of drug-likeness (QED) is 0.838. The summed E-state index contributed by atoms with van der Waals surface area (Å²) in [5.41, 5.74) is 3.92. The Morgan fingerprint density at radius 3 is 2.50 bits per heavy atom. The molecule has 0 bridgehead atoms. The van der Waals surface area contributed by atoms with E-state index in [1.54, 1.807) is 54.6 Å². The first-order chi connectivity index (χ1) is 9.49. The van der Waals surface area contributed by atoms with Gasteiger partial charge in [0.25, 0.3) is 5.91 Å². The van der Waals surface area contributed by atoms with Crippen LogP contribution in [0.5, 0.6) is 0 Å². The molecule has 0 aliphatic rings. The van der Waals surface area contributed by atoms with E-state index >= 15 is 0 Å². The van der Waals surface area contributed by atoms with Gasteiger partial charge >= 0.3 is 0 Å². The normalized spacial score (nSPS) is 12.5. The molecular weight excluding hydrogens is 226 g/mol. The van der Waals surface area contributed by atoms with Crippen molar-refractivity contribution in [3.8, 4) is 0 Å². The molecule has 3 heteroatoms. The number of hydrogen-bond acceptors (Lipinski definition) is 2. The Morgan fingerprint density at radius 2 is 1.83 bits per heavy atom. The predicted octanol–water partition coefficient (Wildman–Crippen LogP) is 2.86. The molecule has 2 aromatic rings. The SMILES string of the molecule is [2H]C([2H])(ONC(=O)c1ccccc1)c1ccc(C)cc1. The summed E-state index contributed by atoms with van der Waals surface area (Å²) in [7, 11) is 0. The Bertz CT molecular complexity index is 583. The Balaban J connectivity index is 2.02. The lowest BCUT2D eigenvalue weighted by molar-refractivity contribution is 0.0233. The summed E-state index contributed by atoms with van der Waals surface area (Å²) in [5.74, 6) is -0.485. The molecule has 2 rings (SSSR count). The lowest BCUT2D eigenvalue weighted by Gasteiger charge is -2.06. The number of hydrogen-bond donors (Lipinski definition) is 1. The first kappa shape index (κ1) is 9.85. The van der Waals surface area contributed by atoms with Gasteiger partial charge in [0, 0.05) is 5.56 Å². The van der Waals surface area contributed by atoms with Crippen LogP contribution in [0.1, 0.15) is 24.2 Å². The Hall–Kier alpha value is -2.13. The summed E-state index contributed by atoms with van der Waals surface area (Å²) in [4.78, 5) is 16.7. The average Bonchev–Trinajstić information content (AvgIpc) is 2.46. The van der Waals surface area contributed by atoms with Crippen molar-refractivity contribution < 1.29 is 12.4 Å². The lowest BCUT2D eigenvalue weighted by atomic mass is 10.2. The predicted molar refractivity (Wildman–Crippen MR) is 69.9 cm³/mol. The maximum absolute atomic E-state index is 11.8. The standard InChI is InChI=1S/C15H15NO2/c1-12-7-9-13(10-8-12)11-18-16-15(17)14-5-3-2-4-6-14/h2-10H,11H2,1H3,(H,16,17)/i11D2. The van der Waals surface area contributed by atoms with Gasteiger partial charge in [-0.15, -0.1) is 0 Å². The second kappa shape index (κ2) is 5.98. The molecular formula is C15H15NO2. The van der Waals surface area contributed by atoms with Gasteiger partial charge in [0.1, 0.15) is 0 Å². The maximum atomic E-state index is 11.8. The minimum Gasteiger partial charge on any atom is -0.269 e. The highest BCUT2D eigenvalue weighted by Crippen LogP contribution is 2.04. The number of benzene rings is 2. The smallest absolute Gasteiger partial charge is 0.269 e. The topological polar surface area (TPSA) is 38.3 Å². The molecule has 0 aliphatic heterocycles. The Morgan fingerprint density at radius 1 is 1.17 bits per heavy atom. The summed E-state index contributed by atoms with van der Waals surface area (Å²) in [5, 5.41) is 0. The van der Waals surface area contributed by atoms with Gasteiger partial charge in [-0.25, -0.2) is 5.48 Å². The number of carbonyl (C=O) groups excluding carboxylic acids is 1. The van der Waals surface area contributed by atoms with Crippen LogP contribution in [0.25, 0.3) is 0 Å². The monoisotopic (exact) mass is 243 g/mol. The fraction of sp³-hybridized carbons (Fsp3) is 0.133. The molecule has 3 nitrogen and oxygen atoms in total. The van der Waals surface area contributed by atoms with Crippen LogP contribution in [-0.4, -0.2) is 5.91 Å². The van der Waals surface area contributed by atoms with Crippen molar-refractivity contribution in [3.05, 3.63) is 71.3 Å². The minimum absolute atomic E-state index is 0.344. The van der Waals surface area contributed by atoms with Gasteiger partial charge in [-0.3, -0.25) is 9.63 Å². The lowest BCUT2D eigenvalue weighted by Crippen LogP contribution is -2.23. The number of amides is 1. The Kier molecular flexibility index (Phi) is 3.27. The second-order valence-corrected chi connectivity index (χ2v) is 3.87. The van der Waals surface area contributed by atoms with Crippen LogP contribution in [0, 0.1) is 6.92 Å². The zero-order valence-electron chi connectivity index (χ0n) is 12.0. The van der Waals surface area contributed by atoms with E-state index in [9.17, 15) is 4.79 Å². The van der Waals surface area contributed by atoms with E-state index in [2.05, 4.69) is 5.48 Å². The fourth-order valence-electron chi connectivity index (χ4n) is 1.40. The minimum atomic E-state index is -2.09. The number of rotatable bonds is 4. The molecule has 0 unspecified atom stereocenters. The maximum Gasteiger partial charge on any atom is 0.274 e. The van der Waals surface area contributed by atoms with Crippen LogP contribution in [0.3, 0.4) is 0 Å². The van der Waals surface area contributed by atoms with E-state index in [1.807, 2.05) is 6.92 Å². The van der Waals surface area contributed by atoms with Crippen LogP contribution >= 0.6 is 0 Å². The van der Waals surface area contributed by atoms with Gasteiger partial charge in [-0.1, -0.05) is 48.0 Å². The number of nitrogens with one attached hydrogen (secondary N) is 1. The van der Waals surface area contributed by atoms with E-state index in [-0.39, 0.29) is 0 Å². The molecule has 1 N–H and O–H groups in total.